The van der Waals surface area contributed by atoms with Gasteiger partial charge in [-0.1, -0.05) is 17.7 Å². The molecule has 0 aromatic heterocycles. The van der Waals surface area contributed by atoms with Crippen LogP contribution >= 0.6 is 0 Å². The van der Waals surface area contributed by atoms with Gasteiger partial charge in [0.15, 0.2) is 0 Å². The maximum atomic E-state index is 14.0. The number of allylic oxidation sites excluding steroid dienone is 6. The van der Waals surface area contributed by atoms with E-state index in [2.05, 4.69) is 17.0 Å². The molecule has 0 bridgehead atoms. The molecule has 1 heterocycles. The molecule has 0 saturated carbocycles. The topological polar surface area (TPSA) is 53.9 Å². The first-order valence-corrected chi connectivity index (χ1v) is 9.37. The normalized spacial score (nSPS) is 22.8. The van der Waals surface area contributed by atoms with Crippen molar-refractivity contribution >= 4 is 12.6 Å². The molecule has 1 N–H and O–H groups in total. The molecule has 1 saturated heterocycles. The summed E-state index contributed by atoms with van der Waals surface area (Å²) in [6.07, 6.45) is -2.07. The zero-order valence-electron chi connectivity index (χ0n) is 16.5. The Hall–Kier alpha value is -2.33. The lowest BCUT2D eigenvalue weighted by Crippen LogP contribution is -2.49. The minimum Gasteiger partial charge on any atom is -0.379 e. The minimum absolute atomic E-state index is 0.0366. The average Bonchev–Trinajstić information content (AvgIpc) is 2.68. The van der Waals surface area contributed by atoms with Crippen molar-refractivity contribution < 1.29 is 31.5 Å². The molecule has 1 aliphatic carbocycles. The van der Waals surface area contributed by atoms with Crippen LogP contribution in [0.3, 0.4) is 0 Å². The number of halogens is 5. The van der Waals surface area contributed by atoms with E-state index >= 15 is 0 Å². The highest BCUT2D eigenvalue weighted by molar-refractivity contribution is 5.95. The number of hydrogen-bond acceptors (Lipinski definition) is 4. The number of aliphatic imine (C=N–C) groups is 1. The van der Waals surface area contributed by atoms with Crippen molar-refractivity contribution in [2.75, 3.05) is 32.8 Å². The third-order valence-electron chi connectivity index (χ3n) is 4.86. The van der Waals surface area contributed by atoms with Crippen molar-refractivity contribution in [2.24, 2.45) is 4.99 Å². The fourth-order valence-electron chi connectivity index (χ4n) is 3.21. The van der Waals surface area contributed by atoms with Gasteiger partial charge in [-0.3, -0.25) is 14.7 Å². The zero-order chi connectivity index (χ0) is 22.3. The fraction of sp³-hybridized carbons (Fsp3) is 0.500. The SMILES string of the molecule is C=NC(=CC=C(C)C(CNC(=O)C1=C(F)C=CCC1F)N1CCOCC1)C(F)(F)F. The van der Waals surface area contributed by atoms with Crippen molar-refractivity contribution in [1.82, 2.24) is 10.2 Å². The highest BCUT2D eigenvalue weighted by atomic mass is 19.4. The zero-order valence-corrected chi connectivity index (χ0v) is 16.5. The molecule has 5 nitrogen and oxygen atoms in total. The molecule has 166 valence electrons. The molecular formula is C20H24F5N3O2. The molecule has 2 aliphatic rings. The largest absolute Gasteiger partial charge is 0.433 e. The van der Waals surface area contributed by atoms with Gasteiger partial charge in [-0.15, -0.1) is 0 Å². The predicted octanol–water partition coefficient (Wildman–Crippen LogP) is 3.42. The monoisotopic (exact) mass is 433 g/mol. The van der Waals surface area contributed by atoms with E-state index in [1.165, 1.54) is 12.2 Å². The number of carbonyl (C=O) groups is 1. The summed E-state index contributed by atoms with van der Waals surface area (Å²) in [5.74, 6) is -1.81. The van der Waals surface area contributed by atoms with Crippen LogP contribution in [0.4, 0.5) is 22.0 Å². The van der Waals surface area contributed by atoms with E-state index in [9.17, 15) is 26.7 Å². The van der Waals surface area contributed by atoms with Crippen molar-refractivity contribution in [1.29, 1.82) is 0 Å². The number of nitrogens with zero attached hydrogens (tertiary/aromatic N) is 2. The molecule has 0 aromatic carbocycles. The molecule has 1 fully saturated rings. The van der Waals surface area contributed by atoms with Crippen LogP contribution < -0.4 is 5.32 Å². The molecule has 2 rings (SSSR count). The van der Waals surface area contributed by atoms with E-state index < -0.39 is 41.4 Å². The predicted molar refractivity (Wildman–Crippen MR) is 103 cm³/mol. The standard InChI is InChI=1S/C20H24F5N3O2/c1-13(6-7-17(26-2)20(23,24)25)16(28-8-10-30-11-9-28)12-27-19(29)18-14(21)4-3-5-15(18)22/h3-4,6-7,15-16H,2,5,8-12H2,1H3,(H,27,29). The van der Waals surface area contributed by atoms with Gasteiger partial charge in [0, 0.05) is 32.1 Å². The summed E-state index contributed by atoms with van der Waals surface area (Å²) in [5, 5.41) is 2.51. The Balaban J connectivity index is 2.20. The van der Waals surface area contributed by atoms with Crippen molar-refractivity contribution in [3.63, 3.8) is 0 Å². The summed E-state index contributed by atoms with van der Waals surface area (Å²) in [4.78, 5) is 17.3. The molecule has 1 aliphatic heterocycles. The second-order valence-electron chi connectivity index (χ2n) is 6.86. The molecule has 30 heavy (non-hydrogen) atoms. The smallest absolute Gasteiger partial charge is 0.379 e. The Morgan fingerprint density at radius 2 is 2.07 bits per heavy atom. The van der Waals surface area contributed by atoms with Crippen LogP contribution in [0.1, 0.15) is 13.3 Å². The third-order valence-corrected chi connectivity index (χ3v) is 4.86. The van der Waals surface area contributed by atoms with E-state index in [1.807, 2.05) is 4.90 Å². The Labute approximate surface area is 171 Å². The molecule has 2 unspecified atom stereocenters. The van der Waals surface area contributed by atoms with Gasteiger partial charge >= 0.3 is 6.18 Å². The first kappa shape index (κ1) is 23.9. The summed E-state index contributed by atoms with van der Waals surface area (Å²) in [6.45, 7) is 6.34. The number of amides is 1. The van der Waals surface area contributed by atoms with Crippen LogP contribution in [0.25, 0.3) is 0 Å². The van der Waals surface area contributed by atoms with Crippen LogP contribution in [0.15, 0.2) is 52.0 Å². The lowest BCUT2D eigenvalue weighted by Gasteiger charge is -2.35. The number of alkyl halides is 4. The van der Waals surface area contributed by atoms with Crippen molar-refractivity contribution in [3.8, 4) is 0 Å². The van der Waals surface area contributed by atoms with Crippen LogP contribution in [0.2, 0.25) is 0 Å². The molecular weight excluding hydrogens is 409 g/mol. The van der Waals surface area contributed by atoms with Gasteiger partial charge in [0.25, 0.3) is 5.91 Å². The quantitative estimate of drug-likeness (QED) is 0.380. The van der Waals surface area contributed by atoms with E-state index in [0.29, 0.717) is 31.9 Å². The maximum Gasteiger partial charge on any atom is 0.433 e. The van der Waals surface area contributed by atoms with Gasteiger partial charge in [0.2, 0.25) is 0 Å². The van der Waals surface area contributed by atoms with Crippen molar-refractivity contribution in [3.05, 3.63) is 47.0 Å². The first-order valence-electron chi connectivity index (χ1n) is 9.37. The Morgan fingerprint density at radius 3 is 2.63 bits per heavy atom. The van der Waals surface area contributed by atoms with Gasteiger partial charge in [-0.2, -0.15) is 13.2 Å². The van der Waals surface area contributed by atoms with Gasteiger partial charge in [-0.05, 0) is 25.8 Å². The molecule has 0 radical (unpaired) electrons. The minimum atomic E-state index is -4.64. The number of nitrogens with one attached hydrogen (secondary N) is 1. The summed E-state index contributed by atoms with van der Waals surface area (Å²) in [5.41, 5.74) is -1.21. The van der Waals surface area contributed by atoms with Gasteiger partial charge in [-0.25, -0.2) is 8.78 Å². The molecule has 0 aromatic rings. The number of carbonyl (C=O) groups excluding carboxylic acids is 1. The van der Waals surface area contributed by atoms with Crippen LogP contribution in [0, 0.1) is 0 Å². The van der Waals surface area contributed by atoms with Gasteiger partial charge in [0.05, 0.1) is 18.8 Å². The number of morpholine rings is 1. The van der Waals surface area contributed by atoms with E-state index in [4.69, 9.17) is 4.74 Å². The van der Waals surface area contributed by atoms with E-state index in [0.717, 1.165) is 12.2 Å². The summed E-state index contributed by atoms with van der Waals surface area (Å²) < 4.78 is 71.7. The van der Waals surface area contributed by atoms with E-state index in [-0.39, 0.29) is 13.0 Å². The van der Waals surface area contributed by atoms with Gasteiger partial charge < -0.3 is 10.1 Å². The molecule has 2 atom stereocenters. The highest BCUT2D eigenvalue weighted by Gasteiger charge is 2.33. The van der Waals surface area contributed by atoms with Crippen LogP contribution in [-0.2, 0) is 9.53 Å². The first-order chi connectivity index (χ1) is 14.1. The molecule has 1 amide bonds. The van der Waals surface area contributed by atoms with Crippen LogP contribution in [-0.4, -0.2) is 68.8 Å². The highest BCUT2D eigenvalue weighted by Crippen LogP contribution is 2.27. The number of ether oxygens (including phenoxy) is 1. The second-order valence-corrected chi connectivity index (χ2v) is 6.86. The lowest BCUT2D eigenvalue weighted by molar-refractivity contribution is -0.118. The Kier molecular flexibility index (Phi) is 8.48. The van der Waals surface area contributed by atoms with Gasteiger partial charge in [0.1, 0.15) is 17.7 Å². The second kappa shape index (κ2) is 10.6. The Bertz CT molecular complexity index is 765. The fourth-order valence-corrected chi connectivity index (χ4v) is 3.21. The average molecular weight is 433 g/mol. The Morgan fingerprint density at radius 1 is 1.40 bits per heavy atom. The van der Waals surface area contributed by atoms with Crippen LogP contribution in [0.5, 0.6) is 0 Å². The number of hydrogen-bond donors (Lipinski definition) is 1. The summed E-state index contributed by atoms with van der Waals surface area (Å²) in [7, 11) is 0. The van der Waals surface area contributed by atoms with E-state index in [1.54, 1.807) is 6.92 Å². The summed E-state index contributed by atoms with van der Waals surface area (Å²) in [6, 6.07) is -0.491. The molecule has 10 heteroatoms. The maximum absolute atomic E-state index is 14.0. The lowest BCUT2D eigenvalue weighted by atomic mass is 10.0. The molecule has 0 spiro atoms. The summed E-state index contributed by atoms with van der Waals surface area (Å²) >= 11 is 0. The number of rotatable bonds is 7. The third kappa shape index (κ3) is 6.33. The van der Waals surface area contributed by atoms with Crippen molar-refractivity contribution in [2.45, 2.75) is 31.7 Å².